The summed E-state index contributed by atoms with van der Waals surface area (Å²) >= 11 is 1.80. The van der Waals surface area contributed by atoms with Crippen molar-refractivity contribution in [2.75, 3.05) is 17.8 Å². The van der Waals surface area contributed by atoms with Gasteiger partial charge in [0.05, 0.1) is 6.26 Å². The summed E-state index contributed by atoms with van der Waals surface area (Å²) in [4.78, 5) is 0. The second-order valence-electron chi connectivity index (χ2n) is 2.45. The molecule has 60 valence electrons. The van der Waals surface area contributed by atoms with E-state index in [1.807, 2.05) is 0 Å². The van der Waals surface area contributed by atoms with Gasteiger partial charge in [0.1, 0.15) is 0 Å². The normalized spacial score (nSPS) is 27.1. The number of thioether (sulfide) groups is 1. The first-order valence-electron chi connectivity index (χ1n) is 3.13. The largest absolute Gasteiger partial charge is 0.213 e. The van der Waals surface area contributed by atoms with Gasteiger partial charge in [0.2, 0.25) is 10.0 Å². The lowest BCUT2D eigenvalue weighted by atomic mass is 10.3. The van der Waals surface area contributed by atoms with Gasteiger partial charge >= 0.3 is 0 Å². The number of rotatable bonds is 2. The van der Waals surface area contributed by atoms with Crippen molar-refractivity contribution in [1.82, 2.24) is 4.72 Å². The van der Waals surface area contributed by atoms with Gasteiger partial charge in [-0.25, -0.2) is 13.1 Å². The standard InChI is InChI=1S/C5H11NO2S2/c1-10(7,8)6-5-2-3-9-4-5/h5-6H,2-4H2,1H3. The van der Waals surface area contributed by atoms with Crippen molar-refractivity contribution in [3.63, 3.8) is 0 Å². The zero-order valence-corrected chi connectivity index (χ0v) is 7.46. The van der Waals surface area contributed by atoms with Crippen LogP contribution in [0.1, 0.15) is 6.42 Å². The van der Waals surface area contributed by atoms with Crippen LogP contribution in [0.3, 0.4) is 0 Å². The van der Waals surface area contributed by atoms with E-state index in [1.54, 1.807) is 11.8 Å². The molecule has 10 heavy (non-hydrogen) atoms. The minimum atomic E-state index is -2.97. The Labute approximate surface area is 65.6 Å². The average Bonchev–Trinajstić information content (AvgIpc) is 2.12. The minimum absolute atomic E-state index is 0.181. The van der Waals surface area contributed by atoms with Crippen molar-refractivity contribution in [2.45, 2.75) is 12.5 Å². The smallest absolute Gasteiger partial charge is 0.208 e. The molecule has 3 nitrogen and oxygen atoms in total. The van der Waals surface area contributed by atoms with Gasteiger partial charge in [-0.1, -0.05) is 0 Å². The first-order valence-corrected chi connectivity index (χ1v) is 6.17. The van der Waals surface area contributed by atoms with Crippen LogP contribution < -0.4 is 4.72 Å². The van der Waals surface area contributed by atoms with E-state index in [4.69, 9.17) is 0 Å². The molecule has 1 unspecified atom stereocenters. The van der Waals surface area contributed by atoms with E-state index in [2.05, 4.69) is 4.72 Å². The fourth-order valence-electron chi connectivity index (χ4n) is 0.930. The summed E-state index contributed by atoms with van der Waals surface area (Å²) in [6.07, 6.45) is 2.17. The van der Waals surface area contributed by atoms with Gasteiger partial charge < -0.3 is 0 Å². The zero-order chi connectivity index (χ0) is 7.61. The monoisotopic (exact) mass is 181 g/mol. The van der Waals surface area contributed by atoms with Crippen LogP contribution in [-0.2, 0) is 10.0 Å². The maximum Gasteiger partial charge on any atom is 0.208 e. The number of sulfonamides is 1. The summed E-state index contributed by atoms with van der Waals surface area (Å²) in [5, 5.41) is 0. The van der Waals surface area contributed by atoms with E-state index in [9.17, 15) is 8.42 Å². The van der Waals surface area contributed by atoms with Gasteiger partial charge in [0.15, 0.2) is 0 Å². The molecular weight excluding hydrogens is 170 g/mol. The Kier molecular flexibility index (Phi) is 2.60. The molecule has 0 amide bonds. The van der Waals surface area contributed by atoms with E-state index < -0.39 is 10.0 Å². The lowest BCUT2D eigenvalue weighted by molar-refractivity contribution is 0.569. The molecule has 1 aliphatic heterocycles. The van der Waals surface area contributed by atoms with Crippen LogP contribution in [0.5, 0.6) is 0 Å². The number of hydrogen-bond acceptors (Lipinski definition) is 3. The highest BCUT2D eigenvalue weighted by atomic mass is 32.2. The summed E-state index contributed by atoms with van der Waals surface area (Å²) in [5.74, 6) is 2.00. The predicted molar refractivity (Wildman–Crippen MR) is 43.7 cm³/mol. The molecule has 1 aliphatic rings. The average molecular weight is 181 g/mol. The molecule has 0 radical (unpaired) electrons. The zero-order valence-electron chi connectivity index (χ0n) is 5.83. The lowest BCUT2D eigenvalue weighted by Gasteiger charge is -2.07. The van der Waals surface area contributed by atoms with Gasteiger partial charge in [-0.3, -0.25) is 0 Å². The van der Waals surface area contributed by atoms with Gasteiger partial charge in [0, 0.05) is 11.8 Å². The summed E-state index contributed by atoms with van der Waals surface area (Å²) in [7, 11) is -2.97. The first kappa shape index (κ1) is 8.36. The molecule has 0 aromatic rings. The van der Waals surface area contributed by atoms with Crippen molar-refractivity contribution in [1.29, 1.82) is 0 Å². The SMILES string of the molecule is CS(=O)(=O)NC1CCSC1. The molecule has 1 atom stereocenters. The molecular formula is C5H11NO2S2. The maximum absolute atomic E-state index is 10.7. The van der Waals surface area contributed by atoms with Crippen LogP contribution in [0, 0.1) is 0 Å². The molecule has 0 aliphatic carbocycles. The highest BCUT2D eigenvalue weighted by Gasteiger charge is 2.18. The Morgan fingerprint density at radius 2 is 2.30 bits per heavy atom. The van der Waals surface area contributed by atoms with Gasteiger partial charge in [-0.2, -0.15) is 11.8 Å². The maximum atomic E-state index is 10.7. The summed E-state index contributed by atoms with van der Waals surface area (Å²) in [6, 6.07) is 0.181. The summed E-state index contributed by atoms with van der Waals surface area (Å²) in [5.41, 5.74) is 0. The number of nitrogens with one attached hydrogen (secondary N) is 1. The molecule has 0 aromatic heterocycles. The van der Waals surface area contributed by atoms with Crippen molar-refractivity contribution in [3.05, 3.63) is 0 Å². The van der Waals surface area contributed by atoms with Gasteiger partial charge in [0.25, 0.3) is 0 Å². The minimum Gasteiger partial charge on any atom is -0.213 e. The fourth-order valence-corrected chi connectivity index (χ4v) is 2.99. The van der Waals surface area contributed by atoms with E-state index >= 15 is 0 Å². The molecule has 0 bridgehead atoms. The van der Waals surface area contributed by atoms with E-state index in [0.29, 0.717) is 0 Å². The quantitative estimate of drug-likeness (QED) is 0.654. The highest BCUT2D eigenvalue weighted by Crippen LogP contribution is 2.17. The van der Waals surface area contributed by atoms with Crippen LogP contribution in [0.15, 0.2) is 0 Å². The van der Waals surface area contributed by atoms with Crippen LogP contribution in [0.25, 0.3) is 0 Å². The van der Waals surface area contributed by atoms with Crippen LogP contribution in [-0.4, -0.2) is 32.2 Å². The van der Waals surface area contributed by atoms with Crippen molar-refractivity contribution in [2.24, 2.45) is 0 Å². The van der Waals surface area contributed by atoms with E-state index in [1.165, 1.54) is 6.26 Å². The van der Waals surface area contributed by atoms with Crippen molar-refractivity contribution >= 4 is 21.8 Å². The Morgan fingerprint density at radius 3 is 2.70 bits per heavy atom. The number of hydrogen-bond donors (Lipinski definition) is 1. The van der Waals surface area contributed by atoms with E-state index in [0.717, 1.165) is 17.9 Å². The van der Waals surface area contributed by atoms with Gasteiger partial charge in [-0.05, 0) is 12.2 Å². The second-order valence-corrected chi connectivity index (χ2v) is 5.38. The molecule has 0 aromatic carbocycles. The molecule has 1 saturated heterocycles. The predicted octanol–water partition coefficient (Wildman–Crippen LogP) is 0.0411. The van der Waals surface area contributed by atoms with Crippen LogP contribution >= 0.6 is 11.8 Å². The lowest BCUT2D eigenvalue weighted by Crippen LogP contribution is -2.33. The Hall–Kier alpha value is 0.260. The summed E-state index contributed by atoms with van der Waals surface area (Å²) < 4.78 is 23.9. The third-order valence-corrected chi connectivity index (χ3v) is 3.23. The second kappa shape index (κ2) is 3.11. The van der Waals surface area contributed by atoms with Crippen molar-refractivity contribution in [3.8, 4) is 0 Å². The van der Waals surface area contributed by atoms with E-state index in [-0.39, 0.29) is 6.04 Å². The third kappa shape index (κ3) is 2.90. The molecule has 1 rings (SSSR count). The third-order valence-electron chi connectivity index (χ3n) is 1.31. The Bertz CT molecular complexity index is 194. The Morgan fingerprint density at radius 1 is 1.60 bits per heavy atom. The van der Waals surface area contributed by atoms with Crippen LogP contribution in [0.2, 0.25) is 0 Å². The molecule has 0 spiro atoms. The Balaban J connectivity index is 2.38. The molecule has 1 fully saturated rings. The van der Waals surface area contributed by atoms with Crippen LogP contribution in [0.4, 0.5) is 0 Å². The highest BCUT2D eigenvalue weighted by molar-refractivity contribution is 7.99. The molecule has 0 saturated carbocycles. The first-order chi connectivity index (χ1) is 4.58. The van der Waals surface area contributed by atoms with Gasteiger partial charge in [-0.15, -0.1) is 0 Å². The molecule has 1 N–H and O–H groups in total. The van der Waals surface area contributed by atoms with Crippen molar-refractivity contribution < 1.29 is 8.42 Å². The molecule has 5 heteroatoms. The molecule has 1 heterocycles. The fraction of sp³-hybridized carbons (Fsp3) is 1.00. The topological polar surface area (TPSA) is 46.2 Å². The summed E-state index contributed by atoms with van der Waals surface area (Å²) in [6.45, 7) is 0.